The van der Waals surface area contributed by atoms with E-state index in [9.17, 15) is 0 Å². The maximum absolute atomic E-state index is 6.11. The summed E-state index contributed by atoms with van der Waals surface area (Å²) in [5.74, 6) is 0. The molecule has 0 saturated carbocycles. The summed E-state index contributed by atoms with van der Waals surface area (Å²) in [6.45, 7) is 3.47. The summed E-state index contributed by atoms with van der Waals surface area (Å²) in [4.78, 5) is 1.19. The van der Waals surface area contributed by atoms with E-state index >= 15 is 0 Å². The summed E-state index contributed by atoms with van der Waals surface area (Å²) < 4.78 is 12.2. The lowest BCUT2D eigenvalue weighted by Crippen LogP contribution is -2.41. The molecule has 2 rings (SSSR count). The third-order valence-electron chi connectivity index (χ3n) is 2.67. The van der Waals surface area contributed by atoms with Gasteiger partial charge >= 0.3 is 0 Å². The molecule has 1 aliphatic heterocycles. The quantitative estimate of drug-likeness (QED) is 0.909. The highest BCUT2D eigenvalue weighted by atomic mass is 79.9. The topological polar surface area (TPSA) is 44.5 Å². The highest BCUT2D eigenvalue weighted by Gasteiger charge is 2.28. The molecule has 2 unspecified atom stereocenters. The van der Waals surface area contributed by atoms with Crippen molar-refractivity contribution < 1.29 is 9.47 Å². The number of hydrogen-bond donors (Lipinski definition) is 1. The minimum atomic E-state index is -0.00444. The van der Waals surface area contributed by atoms with Gasteiger partial charge in [0.1, 0.15) is 12.2 Å². The predicted octanol–water partition coefficient (Wildman–Crippen LogP) is 2.70. The molecule has 0 spiro atoms. The normalized spacial score (nSPS) is 20.4. The molecule has 2 atom stereocenters. The average Bonchev–Trinajstić information content (AvgIpc) is 2.62. The number of thiophene rings is 1. The van der Waals surface area contributed by atoms with Crippen LogP contribution in [0.1, 0.15) is 24.3 Å². The van der Waals surface area contributed by atoms with E-state index in [2.05, 4.69) is 34.3 Å². The molecule has 16 heavy (non-hydrogen) atoms. The van der Waals surface area contributed by atoms with Gasteiger partial charge in [0.15, 0.2) is 0 Å². The van der Waals surface area contributed by atoms with Gasteiger partial charge in [0, 0.05) is 20.8 Å². The van der Waals surface area contributed by atoms with E-state index in [1.807, 2.05) is 0 Å². The molecule has 0 bridgehead atoms. The smallest absolute Gasteiger partial charge is 0.107 e. The SMILES string of the molecule is CCC(N)C(OC1COC1)c1cc(Br)cs1. The summed E-state index contributed by atoms with van der Waals surface area (Å²) in [5, 5.41) is 2.06. The highest BCUT2D eigenvalue weighted by Crippen LogP contribution is 2.32. The standard InChI is InChI=1S/C11H16BrNO2S/c1-2-9(13)11(15-8-4-14-5-8)10-3-7(12)6-16-10/h3,6,8-9,11H,2,4-5,13H2,1H3. The lowest BCUT2D eigenvalue weighted by molar-refractivity contribution is -0.159. The molecule has 3 nitrogen and oxygen atoms in total. The van der Waals surface area contributed by atoms with Gasteiger partial charge in [-0.1, -0.05) is 6.92 Å². The van der Waals surface area contributed by atoms with Crippen molar-refractivity contribution in [3.8, 4) is 0 Å². The van der Waals surface area contributed by atoms with Crippen LogP contribution < -0.4 is 5.73 Å². The second-order valence-electron chi connectivity index (χ2n) is 3.96. The van der Waals surface area contributed by atoms with Crippen molar-refractivity contribution >= 4 is 27.3 Å². The summed E-state index contributed by atoms with van der Waals surface area (Å²) in [7, 11) is 0. The second-order valence-corrected chi connectivity index (χ2v) is 5.81. The Kier molecular flexibility index (Phi) is 4.38. The molecule has 2 heterocycles. The van der Waals surface area contributed by atoms with Gasteiger partial charge in [0.05, 0.1) is 13.2 Å². The average molecular weight is 306 g/mol. The fraction of sp³-hybridized carbons (Fsp3) is 0.636. The fourth-order valence-corrected chi connectivity index (χ4v) is 3.13. The van der Waals surface area contributed by atoms with Crippen molar-refractivity contribution in [1.82, 2.24) is 0 Å². The molecule has 0 aromatic carbocycles. The van der Waals surface area contributed by atoms with Crippen LogP contribution in [0.4, 0.5) is 0 Å². The van der Waals surface area contributed by atoms with Gasteiger partial charge in [-0.3, -0.25) is 0 Å². The molecular formula is C11H16BrNO2S. The zero-order chi connectivity index (χ0) is 11.5. The number of rotatable bonds is 5. The van der Waals surface area contributed by atoms with Crippen LogP contribution in [-0.4, -0.2) is 25.4 Å². The Morgan fingerprint density at radius 3 is 2.88 bits per heavy atom. The molecule has 1 aliphatic rings. The van der Waals surface area contributed by atoms with E-state index in [4.69, 9.17) is 15.2 Å². The van der Waals surface area contributed by atoms with E-state index in [1.165, 1.54) is 4.88 Å². The molecule has 0 aliphatic carbocycles. The van der Waals surface area contributed by atoms with Gasteiger partial charge in [-0.2, -0.15) is 0 Å². The van der Waals surface area contributed by atoms with Crippen LogP contribution >= 0.6 is 27.3 Å². The van der Waals surface area contributed by atoms with Crippen LogP contribution in [0.2, 0.25) is 0 Å². The zero-order valence-corrected chi connectivity index (χ0v) is 11.6. The predicted molar refractivity (Wildman–Crippen MR) is 68.7 cm³/mol. The molecule has 1 saturated heterocycles. The third kappa shape index (κ3) is 2.84. The van der Waals surface area contributed by atoms with Crippen molar-refractivity contribution in [1.29, 1.82) is 0 Å². The van der Waals surface area contributed by atoms with Crippen LogP contribution in [0.15, 0.2) is 15.9 Å². The molecular weight excluding hydrogens is 290 g/mol. The molecule has 90 valence electrons. The zero-order valence-electron chi connectivity index (χ0n) is 9.19. The van der Waals surface area contributed by atoms with E-state index in [0.29, 0.717) is 13.2 Å². The molecule has 1 fully saturated rings. The third-order valence-corrected chi connectivity index (χ3v) is 4.43. The monoisotopic (exact) mass is 305 g/mol. The maximum atomic E-state index is 6.11. The Balaban J connectivity index is 2.06. The molecule has 5 heteroatoms. The Bertz CT molecular complexity index is 340. The molecule has 1 aromatic rings. The molecule has 1 aromatic heterocycles. The minimum Gasteiger partial charge on any atom is -0.376 e. The number of nitrogens with two attached hydrogens (primary N) is 1. The van der Waals surface area contributed by atoms with Gasteiger partial charge < -0.3 is 15.2 Å². The van der Waals surface area contributed by atoms with Crippen LogP contribution in [0.25, 0.3) is 0 Å². The summed E-state index contributed by atoms with van der Waals surface area (Å²) in [5.41, 5.74) is 6.11. The number of hydrogen-bond acceptors (Lipinski definition) is 4. The maximum Gasteiger partial charge on any atom is 0.107 e. The van der Waals surface area contributed by atoms with Crippen LogP contribution in [-0.2, 0) is 9.47 Å². The summed E-state index contributed by atoms with van der Waals surface area (Å²) in [6.07, 6.45) is 1.12. The lowest BCUT2D eigenvalue weighted by Gasteiger charge is -2.32. The first-order valence-corrected chi connectivity index (χ1v) is 7.10. The van der Waals surface area contributed by atoms with Crippen molar-refractivity contribution in [3.63, 3.8) is 0 Å². The van der Waals surface area contributed by atoms with Crippen LogP contribution in [0.3, 0.4) is 0 Å². The van der Waals surface area contributed by atoms with Crippen molar-refractivity contribution in [3.05, 3.63) is 20.8 Å². The molecule has 0 amide bonds. The molecule has 2 N–H and O–H groups in total. The van der Waals surface area contributed by atoms with Crippen molar-refractivity contribution in [2.24, 2.45) is 5.73 Å². The van der Waals surface area contributed by atoms with Gasteiger partial charge in [-0.25, -0.2) is 0 Å². The fourth-order valence-electron chi connectivity index (χ4n) is 1.57. The second kappa shape index (κ2) is 5.60. The van der Waals surface area contributed by atoms with E-state index in [1.54, 1.807) is 11.3 Å². The lowest BCUT2D eigenvalue weighted by atomic mass is 10.1. The minimum absolute atomic E-state index is 0.00444. The Labute approximate surface area is 108 Å². The van der Waals surface area contributed by atoms with Gasteiger partial charge in [-0.05, 0) is 28.4 Å². The first-order chi connectivity index (χ1) is 7.70. The number of halogens is 1. The van der Waals surface area contributed by atoms with Crippen molar-refractivity contribution in [2.45, 2.75) is 31.6 Å². The Morgan fingerprint density at radius 1 is 1.69 bits per heavy atom. The van der Waals surface area contributed by atoms with E-state index in [-0.39, 0.29) is 18.2 Å². The largest absolute Gasteiger partial charge is 0.376 e. The van der Waals surface area contributed by atoms with Gasteiger partial charge in [0.2, 0.25) is 0 Å². The highest BCUT2D eigenvalue weighted by molar-refractivity contribution is 9.10. The van der Waals surface area contributed by atoms with E-state index < -0.39 is 0 Å². The van der Waals surface area contributed by atoms with E-state index in [0.717, 1.165) is 10.9 Å². The summed E-state index contributed by atoms with van der Waals surface area (Å²) in [6, 6.07) is 2.14. The first kappa shape index (κ1) is 12.5. The Morgan fingerprint density at radius 2 is 2.44 bits per heavy atom. The summed E-state index contributed by atoms with van der Waals surface area (Å²) >= 11 is 5.14. The van der Waals surface area contributed by atoms with Gasteiger partial charge in [-0.15, -0.1) is 11.3 Å². The van der Waals surface area contributed by atoms with Gasteiger partial charge in [0.25, 0.3) is 0 Å². The van der Waals surface area contributed by atoms with Crippen LogP contribution in [0, 0.1) is 0 Å². The molecule has 0 radical (unpaired) electrons. The Hall–Kier alpha value is 0.0600. The van der Waals surface area contributed by atoms with Crippen molar-refractivity contribution in [2.75, 3.05) is 13.2 Å². The first-order valence-electron chi connectivity index (χ1n) is 5.43. The number of ether oxygens (including phenoxy) is 2. The van der Waals surface area contributed by atoms with Crippen LogP contribution in [0.5, 0.6) is 0 Å².